The van der Waals surface area contributed by atoms with Crippen molar-refractivity contribution in [1.29, 1.82) is 5.26 Å². The van der Waals surface area contributed by atoms with Crippen LogP contribution >= 0.6 is 0 Å². The zero-order chi connectivity index (χ0) is 18.6. The number of nitriles is 1. The van der Waals surface area contributed by atoms with Crippen LogP contribution in [-0.4, -0.2) is 29.3 Å². The molecule has 0 bridgehead atoms. The summed E-state index contributed by atoms with van der Waals surface area (Å²) in [7, 11) is 0. The first-order valence-corrected chi connectivity index (χ1v) is 8.63. The summed E-state index contributed by atoms with van der Waals surface area (Å²) in [5, 5.41) is 13.9. The van der Waals surface area contributed by atoms with Crippen LogP contribution in [0.15, 0.2) is 61.4 Å². The van der Waals surface area contributed by atoms with Crippen LogP contribution in [0.2, 0.25) is 0 Å². The predicted molar refractivity (Wildman–Crippen MR) is 100 cm³/mol. The van der Waals surface area contributed by atoms with Crippen LogP contribution in [0.5, 0.6) is 0 Å². The summed E-state index contributed by atoms with van der Waals surface area (Å²) in [5.74, 6) is 0. The average Bonchev–Trinajstić information content (AvgIpc) is 3.37. The minimum Gasteiger partial charge on any atom is -0.333 e. The lowest BCUT2D eigenvalue weighted by Gasteiger charge is -2.06. The fourth-order valence-electron chi connectivity index (χ4n) is 2.99. The van der Waals surface area contributed by atoms with Crippen LogP contribution in [0, 0.1) is 11.3 Å². The first-order valence-electron chi connectivity index (χ1n) is 8.63. The van der Waals surface area contributed by atoms with E-state index >= 15 is 0 Å². The standard InChI is InChI=1S/C20H17N7/c1-2-26-14-22-12-17(26)13-27-9-6-18(25-27)15-4-3-5-16(10-15)20-19(11-21)23-7-8-24-20/h3-10,12,14H,2,13H2,1H3. The van der Waals surface area contributed by atoms with Gasteiger partial charge in [0, 0.05) is 36.3 Å². The molecule has 0 unspecified atom stereocenters. The fourth-order valence-corrected chi connectivity index (χ4v) is 2.99. The molecule has 3 aromatic heterocycles. The lowest BCUT2D eigenvalue weighted by atomic mass is 10.0. The van der Waals surface area contributed by atoms with Crippen molar-refractivity contribution in [2.45, 2.75) is 20.0 Å². The molecule has 0 aliphatic rings. The molecule has 7 heteroatoms. The van der Waals surface area contributed by atoms with Crippen LogP contribution < -0.4 is 0 Å². The lowest BCUT2D eigenvalue weighted by Crippen LogP contribution is -2.06. The summed E-state index contributed by atoms with van der Waals surface area (Å²) < 4.78 is 3.99. The number of aromatic nitrogens is 6. The van der Waals surface area contributed by atoms with Gasteiger partial charge in [-0.15, -0.1) is 0 Å². The topological polar surface area (TPSA) is 85.2 Å². The summed E-state index contributed by atoms with van der Waals surface area (Å²) >= 11 is 0. The van der Waals surface area contributed by atoms with E-state index in [0.717, 1.165) is 29.1 Å². The van der Waals surface area contributed by atoms with E-state index in [1.54, 1.807) is 6.20 Å². The van der Waals surface area contributed by atoms with Crippen molar-refractivity contribution in [3.05, 3.63) is 72.8 Å². The molecule has 27 heavy (non-hydrogen) atoms. The van der Waals surface area contributed by atoms with Gasteiger partial charge in [-0.1, -0.05) is 18.2 Å². The van der Waals surface area contributed by atoms with E-state index < -0.39 is 0 Å². The van der Waals surface area contributed by atoms with Crippen LogP contribution in [0.25, 0.3) is 22.5 Å². The Hall–Kier alpha value is -3.79. The van der Waals surface area contributed by atoms with E-state index in [1.165, 1.54) is 6.20 Å². The molecule has 0 saturated carbocycles. The van der Waals surface area contributed by atoms with Crippen LogP contribution in [-0.2, 0) is 13.1 Å². The third-order valence-electron chi connectivity index (χ3n) is 4.34. The molecule has 0 radical (unpaired) electrons. The number of imidazole rings is 1. The summed E-state index contributed by atoms with van der Waals surface area (Å²) in [5.41, 5.74) is 4.67. The van der Waals surface area contributed by atoms with Gasteiger partial charge in [-0.3, -0.25) is 9.67 Å². The molecule has 0 spiro atoms. The monoisotopic (exact) mass is 355 g/mol. The van der Waals surface area contributed by atoms with Gasteiger partial charge in [-0.05, 0) is 19.1 Å². The van der Waals surface area contributed by atoms with Gasteiger partial charge in [0.05, 0.1) is 30.5 Å². The van der Waals surface area contributed by atoms with Gasteiger partial charge in [-0.2, -0.15) is 10.4 Å². The zero-order valence-corrected chi connectivity index (χ0v) is 14.8. The molecule has 0 atom stereocenters. The van der Waals surface area contributed by atoms with Crippen molar-refractivity contribution in [3.8, 4) is 28.6 Å². The van der Waals surface area contributed by atoms with E-state index in [1.807, 2.05) is 53.7 Å². The minimum atomic E-state index is 0.313. The average molecular weight is 355 g/mol. The molecule has 132 valence electrons. The molecule has 7 nitrogen and oxygen atoms in total. The van der Waals surface area contributed by atoms with Gasteiger partial charge in [-0.25, -0.2) is 9.97 Å². The quantitative estimate of drug-likeness (QED) is 0.549. The highest BCUT2D eigenvalue weighted by Gasteiger charge is 2.10. The SMILES string of the molecule is CCn1cncc1Cn1ccc(-c2cccc(-c3nccnc3C#N)c2)n1. The largest absolute Gasteiger partial charge is 0.333 e. The Labute approximate surface area is 156 Å². The number of nitrogens with zero attached hydrogens (tertiary/aromatic N) is 7. The highest BCUT2D eigenvalue weighted by atomic mass is 15.3. The molecule has 0 N–H and O–H groups in total. The summed E-state index contributed by atoms with van der Waals surface area (Å²) in [6.45, 7) is 3.63. The Morgan fingerprint density at radius 3 is 2.81 bits per heavy atom. The Morgan fingerprint density at radius 2 is 1.96 bits per heavy atom. The van der Waals surface area contributed by atoms with Crippen molar-refractivity contribution >= 4 is 0 Å². The number of benzene rings is 1. The highest BCUT2D eigenvalue weighted by molar-refractivity contribution is 5.71. The molecule has 4 aromatic rings. The third kappa shape index (κ3) is 3.33. The summed E-state index contributed by atoms with van der Waals surface area (Å²) in [4.78, 5) is 12.6. The maximum absolute atomic E-state index is 9.26. The second-order valence-corrected chi connectivity index (χ2v) is 6.02. The van der Waals surface area contributed by atoms with E-state index in [0.29, 0.717) is 17.9 Å². The Morgan fingerprint density at radius 1 is 1.11 bits per heavy atom. The lowest BCUT2D eigenvalue weighted by molar-refractivity contribution is 0.624. The highest BCUT2D eigenvalue weighted by Crippen LogP contribution is 2.25. The Balaban J connectivity index is 1.64. The van der Waals surface area contributed by atoms with Crippen LogP contribution in [0.4, 0.5) is 0 Å². The molecule has 0 amide bonds. The summed E-state index contributed by atoms with van der Waals surface area (Å²) in [6.07, 6.45) is 8.76. The molecule has 0 fully saturated rings. The molecule has 3 heterocycles. The number of rotatable bonds is 5. The van der Waals surface area contributed by atoms with Crippen LogP contribution in [0.1, 0.15) is 18.3 Å². The molecule has 1 aromatic carbocycles. The van der Waals surface area contributed by atoms with E-state index in [9.17, 15) is 5.26 Å². The zero-order valence-electron chi connectivity index (χ0n) is 14.8. The molecular formula is C20H17N7. The van der Waals surface area contributed by atoms with E-state index in [2.05, 4.69) is 37.6 Å². The first kappa shape index (κ1) is 16.7. The maximum atomic E-state index is 9.26. The van der Waals surface area contributed by atoms with Crippen molar-refractivity contribution < 1.29 is 0 Å². The smallest absolute Gasteiger partial charge is 0.166 e. The summed E-state index contributed by atoms with van der Waals surface area (Å²) in [6, 6.07) is 11.9. The van der Waals surface area contributed by atoms with Gasteiger partial charge in [0.2, 0.25) is 0 Å². The van der Waals surface area contributed by atoms with Crippen molar-refractivity contribution in [2.24, 2.45) is 0 Å². The Bertz CT molecular complexity index is 1120. The van der Waals surface area contributed by atoms with Gasteiger partial charge < -0.3 is 4.57 Å². The third-order valence-corrected chi connectivity index (χ3v) is 4.34. The van der Waals surface area contributed by atoms with Gasteiger partial charge in [0.1, 0.15) is 11.8 Å². The molecule has 0 saturated heterocycles. The van der Waals surface area contributed by atoms with Crippen molar-refractivity contribution in [3.63, 3.8) is 0 Å². The van der Waals surface area contributed by atoms with Crippen molar-refractivity contribution in [1.82, 2.24) is 29.3 Å². The predicted octanol–water partition coefficient (Wildman–Crippen LogP) is 3.14. The number of hydrogen-bond donors (Lipinski definition) is 0. The van der Waals surface area contributed by atoms with Crippen LogP contribution in [0.3, 0.4) is 0 Å². The second kappa shape index (κ2) is 7.22. The van der Waals surface area contributed by atoms with Gasteiger partial charge >= 0.3 is 0 Å². The van der Waals surface area contributed by atoms with Crippen molar-refractivity contribution in [2.75, 3.05) is 0 Å². The molecule has 0 aliphatic heterocycles. The molecular weight excluding hydrogens is 338 g/mol. The van der Waals surface area contributed by atoms with Gasteiger partial charge in [0.25, 0.3) is 0 Å². The van der Waals surface area contributed by atoms with E-state index in [4.69, 9.17) is 0 Å². The maximum Gasteiger partial charge on any atom is 0.166 e. The van der Waals surface area contributed by atoms with E-state index in [-0.39, 0.29) is 0 Å². The van der Waals surface area contributed by atoms with Gasteiger partial charge in [0.15, 0.2) is 5.69 Å². The fraction of sp³-hybridized carbons (Fsp3) is 0.150. The molecule has 0 aliphatic carbocycles. The Kier molecular flexibility index (Phi) is 4.45. The first-order chi connectivity index (χ1) is 13.3. The minimum absolute atomic E-state index is 0.313. The normalized spacial score (nSPS) is 10.7. The number of hydrogen-bond acceptors (Lipinski definition) is 5. The second-order valence-electron chi connectivity index (χ2n) is 6.02. The number of aryl methyl sites for hydroxylation is 1. The molecule has 4 rings (SSSR count).